The first kappa shape index (κ1) is 21.8. The van der Waals surface area contributed by atoms with Crippen molar-refractivity contribution in [2.75, 3.05) is 0 Å². The van der Waals surface area contributed by atoms with Gasteiger partial charge >= 0.3 is 5.97 Å². The average Bonchev–Trinajstić information content (AvgIpc) is 2.59. The molecular weight excluding hydrogens is 320 g/mol. The fraction of sp³-hybridized carbons (Fsp3) is 0.850. The third kappa shape index (κ3) is 5.63. The molecule has 1 fully saturated rings. The van der Waals surface area contributed by atoms with Gasteiger partial charge in [-0.25, -0.2) is 0 Å². The molecule has 0 aromatic carbocycles. The number of Topliss-reactive ketones (excluding diaryl/α,β-unsaturated/α-hetero) is 2. The van der Waals surface area contributed by atoms with E-state index in [4.69, 9.17) is 4.74 Å². The summed E-state index contributed by atoms with van der Waals surface area (Å²) in [5.74, 6) is -2.22. The lowest BCUT2D eigenvalue weighted by molar-refractivity contribution is -0.162. The summed E-state index contributed by atoms with van der Waals surface area (Å²) in [5.41, 5.74) is 0. The predicted molar refractivity (Wildman–Crippen MR) is 95.9 cm³/mol. The van der Waals surface area contributed by atoms with Crippen molar-refractivity contribution in [1.29, 1.82) is 0 Å². The molecule has 25 heavy (non-hydrogen) atoms. The molecule has 1 rings (SSSR count). The van der Waals surface area contributed by atoms with Crippen molar-refractivity contribution in [3.05, 3.63) is 0 Å². The maximum absolute atomic E-state index is 12.5. The second kappa shape index (κ2) is 9.46. The Morgan fingerprint density at radius 1 is 1.00 bits per heavy atom. The van der Waals surface area contributed by atoms with Gasteiger partial charge in [-0.2, -0.15) is 0 Å². The molecule has 0 unspecified atom stereocenters. The molecule has 1 saturated heterocycles. The molecule has 0 amide bonds. The molecule has 7 atom stereocenters. The molecule has 5 heteroatoms. The summed E-state index contributed by atoms with van der Waals surface area (Å²) in [4.78, 5) is 37.3. The summed E-state index contributed by atoms with van der Waals surface area (Å²) in [6, 6.07) is 0. The first-order valence-electron chi connectivity index (χ1n) is 9.55. The molecule has 0 aromatic heterocycles. The van der Waals surface area contributed by atoms with Gasteiger partial charge in [0.15, 0.2) is 0 Å². The third-order valence-electron chi connectivity index (χ3n) is 5.73. The van der Waals surface area contributed by atoms with Crippen LogP contribution < -0.4 is 0 Å². The minimum Gasteiger partial charge on any atom is -0.462 e. The minimum atomic E-state index is -1.08. The van der Waals surface area contributed by atoms with Gasteiger partial charge < -0.3 is 9.84 Å². The molecule has 0 spiro atoms. The fourth-order valence-corrected chi connectivity index (χ4v) is 3.64. The minimum absolute atomic E-state index is 0.0664. The number of carbonyl (C=O) groups excluding carboxylic acids is 3. The fourth-order valence-electron chi connectivity index (χ4n) is 3.64. The first-order chi connectivity index (χ1) is 11.6. The Balaban J connectivity index is 3.06. The number of hydrogen-bond acceptors (Lipinski definition) is 5. The molecule has 0 radical (unpaired) electrons. The van der Waals surface area contributed by atoms with Gasteiger partial charge in [0.1, 0.15) is 17.7 Å². The SMILES string of the molecule is CC[C@H]1OC(=O)[C@H](C)[C@@H](O)[C@H](C)C(=O)[C@@H](C)CCC(=O)[C@H](C)C[C@H]1C. The second-order valence-electron chi connectivity index (χ2n) is 7.87. The zero-order chi connectivity index (χ0) is 19.3. The van der Waals surface area contributed by atoms with Crippen LogP contribution in [0, 0.1) is 29.6 Å². The lowest BCUT2D eigenvalue weighted by Gasteiger charge is -2.30. The van der Waals surface area contributed by atoms with Crippen LogP contribution in [0.2, 0.25) is 0 Å². The van der Waals surface area contributed by atoms with Crippen molar-refractivity contribution >= 4 is 17.5 Å². The van der Waals surface area contributed by atoms with E-state index < -0.39 is 23.9 Å². The maximum atomic E-state index is 12.5. The van der Waals surface area contributed by atoms with E-state index in [0.717, 1.165) is 0 Å². The van der Waals surface area contributed by atoms with E-state index in [-0.39, 0.29) is 35.4 Å². The van der Waals surface area contributed by atoms with Gasteiger partial charge in [-0.15, -0.1) is 0 Å². The van der Waals surface area contributed by atoms with E-state index in [1.54, 1.807) is 20.8 Å². The standard InChI is InChI=1S/C20H34O5/c1-7-17-13(4)10-12(3)16(21)9-8-11(2)18(22)14(5)19(23)15(6)20(24)25-17/h11-15,17,19,23H,7-10H2,1-6H3/t11-,12+,13+,14+,15+,17+,19-/m0/s1. The normalized spacial score (nSPS) is 39.6. The van der Waals surface area contributed by atoms with Gasteiger partial charge in [0, 0.05) is 24.2 Å². The number of cyclic esters (lactones) is 1. The lowest BCUT2D eigenvalue weighted by atomic mass is 9.82. The Morgan fingerprint density at radius 2 is 1.60 bits per heavy atom. The Morgan fingerprint density at radius 3 is 2.16 bits per heavy atom. The molecule has 0 aromatic rings. The smallest absolute Gasteiger partial charge is 0.311 e. The Kier molecular flexibility index (Phi) is 8.26. The van der Waals surface area contributed by atoms with Crippen LogP contribution in [0.15, 0.2) is 0 Å². The molecular formula is C20H34O5. The zero-order valence-electron chi connectivity index (χ0n) is 16.5. The highest BCUT2D eigenvalue weighted by Gasteiger charge is 2.36. The molecule has 0 aliphatic carbocycles. The maximum Gasteiger partial charge on any atom is 0.311 e. The number of aliphatic hydroxyl groups is 1. The summed E-state index contributed by atoms with van der Waals surface area (Å²) >= 11 is 0. The van der Waals surface area contributed by atoms with Crippen molar-refractivity contribution in [2.24, 2.45) is 29.6 Å². The van der Waals surface area contributed by atoms with Crippen molar-refractivity contribution in [1.82, 2.24) is 0 Å². The van der Waals surface area contributed by atoms with Crippen LogP contribution in [0.1, 0.15) is 67.2 Å². The van der Waals surface area contributed by atoms with Crippen molar-refractivity contribution in [3.63, 3.8) is 0 Å². The summed E-state index contributed by atoms with van der Waals surface area (Å²) < 4.78 is 5.61. The van der Waals surface area contributed by atoms with Crippen LogP contribution in [0.3, 0.4) is 0 Å². The van der Waals surface area contributed by atoms with Gasteiger partial charge in [-0.3, -0.25) is 14.4 Å². The average molecular weight is 354 g/mol. The van der Waals surface area contributed by atoms with Crippen LogP contribution in [0.25, 0.3) is 0 Å². The summed E-state index contributed by atoms with van der Waals surface area (Å²) in [5, 5.41) is 10.4. The summed E-state index contributed by atoms with van der Waals surface area (Å²) in [7, 11) is 0. The summed E-state index contributed by atoms with van der Waals surface area (Å²) in [6.45, 7) is 10.9. The molecule has 0 saturated carbocycles. The lowest BCUT2D eigenvalue weighted by Crippen LogP contribution is -2.40. The monoisotopic (exact) mass is 354 g/mol. The van der Waals surface area contributed by atoms with Gasteiger partial charge in [0.2, 0.25) is 0 Å². The molecule has 0 bridgehead atoms. The van der Waals surface area contributed by atoms with E-state index in [1.807, 2.05) is 20.8 Å². The third-order valence-corrected chi connectivity index (χ3v) is 5.73. The number of hydrogen-bond donors (Lipinski definition) is 1. The van der Waals surface area contributed by atoms with E-state index in [1.165, 1.54) is 0 Å². The molecule has 1 heterocycles. The molecule has 1 aliphatic heterocycles. The van der Waals surface area contributed by atoms with E-state index in [9.17, 15) is 19.5 Å². The number of esters is 1. The Labute approximate surface area is 151 Å². The number of ketones is 2. The van der Waals surface area contributed by atoms with Crippen molar-refractivity contribution in [3.8, 4) is 0 Å². The Bertz CT molecular complexity index is 486. The predicted octanol–water partition coefficient (Wildman–Crippen LogP) is 3.17. The number of carbonyl (C=O) groups is 3. The van der Waals surface area contributed by atoms with Crippen molar-refractivity contribution in [2.45, 2.75) is 79.4 Å². The zero-order valence-corrected chi connectivity index (χ0v) is 16.5. The largest absolute Gasteiger partial charge is 0.462 e. The summed E-state index contributed by atoms with van der Waals surface area (Å²) in [6.07, 6.45) is 0.805. The van der Waals surface area contributed by atoms with Gasteiger partial charge in [0.25, 0.3) is 0 Å². The highest BCUT2D eigenvalue weighted by Crippen LogP contribution is 2.27. The Hall–Kier alpha value is -1.23. The van der Waals surface area contributed by atoms with Gasteiger partial charge in [-0.05, 0) is 32.1 Å². The van der Waals surface area contributed by atoms with E-state index >= 15 is 0 Å². The highest BCUT2D eigenvalue weighted by molar-refractivity contribution is 5.86. The molecule has 1 N–H and O–H groups in total. The molecule has 5 nitrogen and oxygen atoms in total. The molecule has 144 valence electrons. The van der Waals surface area contributed by atoms with Gasteiger partial charge in [0.05, 0.1) is 12.0 Å². The van der Waals surface area contributed by atoms with Crippen LogP contribution in [0.4, 0.5) is 0 Å². The van der Waals surface area contributed by atoms with Crippen LogP contribution in [-0.2, 0) is 19.1 Å². The van der Waals surface area contributed by atoms with Gasteiger partial charge in [-0.1, -0.05) is 34.6 Å². The van der Waals surface area contributed by atoms with Crippen LogP contribution in [-0.4, -0.2) is 34.9 Å². The number of aliphatic hydroxyl groups excluding tert-OH is 1. The van der Waals surface area contributed by atoms with Crippen molar-refractivity contribution < 1.29 is 24.2 Å². The second-order valence-corrected chi connectivity index (χ2v) is 7.87. The van der Waals surface area contributed by atoms with Crippen LogP contribution >= 0.6 is 0 Å². The topological polar surface area (TPSA) is 80.7 Å². The molecule has 1 aliphatic rings. The quantitative estimate of drug-likeness (QED) is 0.732. The first-order valence-corrected chi connectivity index (χ1v) is 9.55. The van der Waals surface area contributed by atoms with Crippen LogP contribution in [0.5, 0.6) is 0 Å². The van der Waals surface area contributed by atoms with E-state index in [2.05, 4.69) is 0 Å². The van der Waals surface area contributed by atoms with E-state index in [0.29, 0.717) is 25.7 Å². The number of rotatable bonds is 1. The highest BCUT2D eigenvalue weighted by atomic mass is 16.5. The number of ether oxygens (including phenoxy) is 1.